The molecule has 0 aromatic carbocycles. The number of carbonyl (C=O) groups excluding carboxylic acids is 1. The number of aromatic nitrogens is 2. The minimum absolute atomic E-state index is 0.0494. The van der Waals surface area contributed by atoms with Gasteiger partial charge in [0.15, 0.2) is 5.76 Å². The fraction of sp³-hybridized carbons (Fsp3) is 0.250. The van der Waals surface area contributed by atoms with Gasteiger partial charge < -0.3 is 4.42 Å². The number of furan rings is 1. The quantitative estimate of drug-likeness (QED) is 0.779. The maximum absolute atomic E-state index is 11.7. The number of hydrogen-bond acceptors (Lipinski definition) is 4. The Morgan fingerprint density at radius 2 is 2.33 bits per heavy atom. The number of hydrogen-bond donors (Lipinski definition) is 0. The molecule has 2 aromatic heterocycles. The summed E-state index contributed by atoms with van der Waals surface area (Å²) < 4.78 is 5.27. The van der Waals surface area contributed by atoms with Gasteiger partial charge in [-0.05, 0) is 18.2 Å². The predicted octanol–water partition coefficient (Wildman–Crippen LogP) is 2.08. The third-order valence-corrected chi connectivity index (χ3v) is 3.03. The first kappa shape index (κ1) is 11.2. The van der Waals surface area contributed by atoms with Crippen molar-refractivity contribution in [2.24, 2.45) is 0 Å². The van der Waals surface area contributed by atoms with E-state index in [9.17, 15) is 4.79 Å². The SMILES string of the molecule is O=C1CC(Cl)CN1c1nccc(-c2ccco2)n1. The molecule has 0 saturated carbocycles. The van der Waals surface area contributed by atoms with Crippen molar-refractivity contribution >= 4 is 23.5 Å². The Hall–Kier alpha value is -1.88. The normalized spacial score (nSPS) is 19.5. The molecule has 92 valence electrons. The van der Waals surface area contributed by atoms with Crippen molar-refractivity contribution in [1.82, 2.24) is 9.97 Å². The molecule has 3 heterocycles. The lowest BCUT2D eigenvalue weighted by Crippen LogP contribution is -2.26. The number of carbonyl (C=O) groups is 1. The average Bonchev–Trinajstić information content (AvgIpc) is 2.99. The van der Waals surface area contributed by atoms with Crippen LogP contribution in [0.2, 0.25) is 0 Å². The number of alkyl halides is 1. The fourth-order valence-electron chi connectivity index (χ4n) is 1.90. The predicted molar refractivity (Wildman–Crippen MR) is 66.3 cm³/mol. The molecule has 1 aliphatic heterocycles. The second kappa shape index (κ2) is 4.42. The van der Waals surface area contributed by atoms with E-state index in [-0.39, 0.29) is 11.3 Å². The van der Waals surface area contributed by atoms with Crippen LogP contribution in [0, 0.1) is 0 Å². The smallest absolute Gasteiger partial charge is 0.232 e. The zero-order chi connectivity index (χ0) is 12.5. The number of rotatable bonds is 2. The van der Waals surface area contributed by atoms with Crippen molar-refractivity contribution in [3.8, 4) is 11.5 Å². The molecule has 18 heavy (non-hydrogen) atoms. The summed E-state index contributed by atoms with van der Waals surface area (Å²) in [7, 11) is 0. The van der Waals surface area contributed by atoms with E-state index < -0.39 is 0 Å². The highest BCUT2D eigenvalue weighted by Crippen LogP contribution is 2.23. The molecule has 0 bridgehead atoms. The molecule has 3 rings (SSSR count). The van der Waals surface area contributed by atoms with Crippen LogP contribution in [0.4, 0.5) is 5.95 Å². The molecule has 1 aliphatic rings. The molecular weight excluding hydrogens is 254 g/mol. The highest BCUT2D eigenvalue weighted by atomic mass is 35.5. The van der Waals surface area contributed by atoms with Gasteiger partial charge in [-0.25, -0.2) is 9.97 Å². The molecule has 0 N–H and O–H groups in total. The Kier molecular flexibility index (Phi) is 2.76. The zero-order valence-electron chi connectivity index (χ0n) is 9.41. The van der Waals surface area contributed by atoms with E-state index >= 15 is 0 Å². The van der Waals surface area contributed by atoms with Gasteiger partial charge in [0.2, 0.25) is 11.9 Å². The standard InChI is InChI=1S/C12H10ClN3O2/c13-8-6-11(17)16(7-8)12-14-4-3-9(15-12)10-2-1-5-18-10/h1-5,8H,6-7H2. The van der Waals surface area contributed by atoms with Crippen LogP contribution in [0.1, 0.15) is 6.42 Å². The molecule has 2 aromatic rings. The molecule has 0 aliphatic carbocycles. The van der Waals surface area contributed by atoms with Crippen molar-refractivity contribution in [2.45, 2.75) is 11.8 Å². The average molecular weight is 264 g/mol. The minimum Gasteiger partial charge on any atom is -0.463 e. The third-order valence-electron chi connectivity index (χ3n) is 2.74. The van der Waals surface area contributed by atoms with Crippen molar-refractivity contribution < 1.29 is 9.21 Å². The molecule has 1 unspecified atom stereocenters. The van der Waals surface area contributed by atoms with Crippen molar-refractivity contribution in [3.05, 3.63) is 30.7 Å². The molecule has 1 amide bonds. The largest absolute Gasteiger partial charge is 0.463 e. The highest BCUT2D eigenvalue weighted by molar-refractivity contribution is 6.24. The summed E-state index contributed by atoms with van der Waals surface area (Å²) in [6, 6.07) is 5.33. The molecule has 6 heteroatoms. The lowest BCUT2D eigenvalue weighted by molar-refractivity contribution is -0.117. The van der Waals surface area contributed by atoms with E-state index in [0.717, 1.165) is 0 Å². The summed E-state index contributed by atoms with van der Waals surface area (Å²) in [6.07, 6.45) is 3.51. The van der Waals surface area contributed by atoms with Gasteiger partial charge in [-0.3, -0.25) is 9.69 Å². The number of amides is 1. The number of halogens is 1. The summed E-state index contributed by atoms with van der Waals surface area (Å²) in [5, 5.41) is -0.173. The van der Waals surface area contributed by atoms with Gasteiger partial charge in [0, 0.05) is 19.2 Å². The van der Waals surface area contributed by atoms with Crippen LogP contribution in [0.3, 0.4) is 0 Å². The molecule has 1 saturated heterocycles. The molecule has 0 radical (unpaired) electrons. The summed E-state index contributed by atoms with van der Waals surface area (Å²) >= 11 is 5.95. The lowest BCUT2D eigenvalue weighted by Gasteiger charge is -2.13. The lowest BCUT2D eigenvalue weighted by atomic mass is 10.3. The first-order valence-electron chi connectivity index (χ1n) is 5.55. The van der Waals surface area contributed by atoms with Crippen LogP contribution in [-0.2, 0) is 4.79 Å². The van der Waals surface area contributed by atoms with Crippen LogP contribution in [0.25, 0.3) is 11.5 Å². The van der Waals surface area contributed by atoms with E-state index in [4.69, 9.17) is 16.0 Å². The fourth-order valence-corrected chi connectivity index (χ4v) is 2.17. The first-order valence-corrected chi connectivity index (χ1v) is 5.99. The van der Waals surface area contributed by atoms with E-state index in [1.807, 2.05) is 6.07 Å². The van der Waals surface area contributed by atoms with Crippen molar-refractivity contribution in [1.29, 1.82) is 0 Å². The second-order valence-electron chi connectivity index (χ2n) is 4.02. The molecule has 5 nitrogen and oxygen atoms in total. The third kappa shape index (κ3) is 1.97. The van der Waals surface area contributed by atoms with Gasteiger partial charge in [0.05, 0.1) is 11.6 Å². The highest BCUT2D eigenvalue weighted by Gasteiger charge is 2.31. The summed E-state index contributed by atoms with van der Waals surface area (Å²) in [4.78, 5) is 21.7. The Morgan fingerprint density at radius 1 is 1.44 bits per heavy atom. The van der Waals surface area contributed by atoms with Gasteiger partial charge in [-0.15, -0.1) is 11.6 Å². The Balaban J connectivity index is 1.94. The van der Waals surface area contributed by atoms with E-state index in [1.54, 1.807) is 24.6 Å². The summed E-state index contributed by atoms with van der Waals surface area (Å²) in [5.41, 5.74) is 0.649. The maximum Gasteiger partial charge on any atom is 0.232 e. The number of nitrogens with zero attached hydrogens (tertiary/aromatic N) is 3. The van der Waals surface area contributed by atoms with Crippen LogP contribution in [0.15, 0.2) is 35.1 Å². The molecule has 0 spiro atoms. The second-order valence-corrected chi connectivity index (χ2v) is 4.64. The van der Waals surface area contributed by atoms with Gasteiger partial charge in [0.1, 0.15) is 5.69 Å². The van der Waals surface area contributed by atoms with Gasteiger partial charge >= 0.3 is 0 Å². The Bertz CT molecular complexity index is 570. The maximum atomic E-state index is 11.7. The number of anilines is 1. The first-order chi connectivity index (χ1) is 8.74. The molecule has 1 atom stereocenters. The van der Waals surface area contributed by atoms with E-state index in [1.165, 1.54) is 4.90 Å². The van der Waals surface area contributed by atoms with Crippen LogP contribution < -0.4 is 4.90 Å². The molecular formula is C12H10ClN3O2. The summed E-state index contributed by atoms with van der Waals surface area (Å²) in [5.74, 6) is 0.969. The van der Waals surface area contributed by atoms with Crippen molar-refractivity contribution in [2.75, 3.05) is 11.4 Å². The molecule has 1 fully saturated rings. The Morgan fingerprint density at radius 3 is 3.00 bits per heavy atom. The van der Waals surface area contributed by atoms with E-state index in [0.29, 0.717) is 30.4 Å². The summed E-state index contributed by atoms with van der Waals surface area (Å²) in [6.45, 7) is 0.446. The zero-order valence-corrected chi connectivity index (χ0v) is 10.2. The van der Waals surface area contributed by atoms with Crippen LogP contribution in [-0.4, -0.2) is 27.8 Å². The van der Waals surface area contributed by atoms with Gasteiger partial charge in [-0.1, -0.05) is 0 Å². The Labute approximate surface area is 108 Å². The van der Waals surface area contributed by atoms with E-state index in [2.05, 4.69) is 9.97 Å². The van der Waals surface area contributed by atoms with Crippen LogP contribution in [0.5, 0.6) is 0 Å². The van der Waals surface area contributed by atoms with Crippen molar-refractivity contribution in [3.63, 3.8) is 0 Å². The van der Waals surface area contributed by atoms with Gasteiger partial charge in [0.25, 0.3) is 0 Å². The van der Waals surface area contributed by atoms with Crippen LogP contribution >= 0.6 is 11.6 Å². The topological polar surface area (TPSA) is 59.2 Å². The van der Waals surface area contributed by atoms with Gasteiger partial charge in [-0.2, -0.15) is 0 Å². The minimum atomic E-state index is -0.173. The monoisotopic (exact) mass is 263 g/mol.